The van der Waals surface area contributed by atoms with Crippen molar-refractivity contribution in [2.45, 2.75) is 78.2 Å². The molecule has 0 fully saturated rings. The number of aliphatic hydroxyl groups excluding tert-OH is 2. The highest BCUT2D eigenvalue weighted by Gasteiger charge is 2.06. The number of hydrogen-bond acceptors (Lipinski definition) is 3. The minimum atomic E-state index is -0.833. The minimum Gasteiger partial charge on any atom is -0.481 e. The van der Waals surface area contributed by atoms with E-state index in [1.807, 2.05) is 0 Å². The molecule has 0 radical (unpaired) electrons. The van der Waals surface area contributed by atoms with Crippen LogP contribution in [-0.2, 0) is 4.79 Å². The van der Waals surface area contributed by atoms with Gasteiger partial charge >= 0.3 is 0 Å². The summed E-state index contributed by atoms with van der Waals surface area (Å²) < 4.78 is 0. The standard InChI is InChI=1S/C13H28O2.C2H4O2/c1-3-4-5-6-7-8-12(2)9-10-13(15)11-14;1-2(3)4/h12-15H,3-11H2,1-2H3;1H3,(H,3,4). The number of rotatable bonds is 10. The largest absolute Gasteiger partial charge is 0.481 e. The van der Waals surface area contributed by atoms with Gasteiger partial charge in [0.1, 0.15) is 0 Å². The van der Waals surface area contributed by atoms with Crippen LogP contribution in [0.25, 0.3) is 0 Å². The molecule has 2 atom stereocenters. The van der Waals surface area contributed by atoms with Gasteiger partial charge in [0, 0.05) is 6.92 Å². The van der Waals surface area contributed by atoms with Gasteiger partial charge in [0.25, 0.3) is 5.97 Å². The summed E-state index contributed by atoms with van der Waals surface area (Å²) in [5.41, 5.74) is 0. The molecular weight excluding hydrogens is 244 g/mol. The number of aliphatic carboxylic acids is 1. The van der Waals surface area contributed by atoms with Gasteiger partial charge in [-0.2, -0.15) is 0 Å². The lowest BCUT2D eigenvalue weighted by Crippen LogP contribution is -2.13. The van der Waals surface area contributed by atoms with Crippen LogP contribution in [-0.4, -0.2) is 34.0 Å². The van der Waals surface area contributed by atoms with Crippen molar-refractivity contribution in [1.82, 2.24) is 0 Å². The molecule has 2 unspecified atom stereocenters. The fraction of sp³-hybridized carbons (Fsp3) is 0.933. The number of carboxylic acid groups (broad SMARTS) is 1. The molecule has 3 N–H and O–H groups in total. The number of hydrogen-bond donors (Lipinski definition) is 3. The monoisotopic (exact) mass is 276 g/mol. The van der Waals surface area contributed by atoms with Crippen LogP contribution in [0.15, 0.2) is 0 Å². The third kappa shape index (κ3) is 23.0. The van der Waals surface area contributed by atoms with Crippen LogP contribution < -0.4 is 0 Å². The second-order valence-electron chi connectivity index (χ2n) is 5.24. The smallest absolute Gasteiger partial charge is 0.300 e. The normalized spacial score (nSPS) is 13.3. The summed E-state index contributed by atoms with van der Waals surface area (Å²) in [6.07, 6.45) is 9.23. The van der Waals surface area contributed by atoms with E-state index in [2.05, 4.69) is 13.8 Å². The van der Waals surface area contributed by atoms with E-state index in [0.717, 1.165) is 19.8 Å². The van der Waals surface area contributed by atoms with Crippen LogP contribution >= 0.6 is 0 Å². The zero-order valence-corrected chi connectivity index (χ0v) is 12.8. The van der Waals surface area contributed by atoms with Gasteiger partial charge in [0.2, 0.25) is 0 Å². The van der Waals surface area contributed by atoms with Gasteiger partial charge in [-0.25, -0.2) is 0 Å². The van der Waals surface area contributed by atoms with E-state index in [4.69, 9.17) is 15.0 Å². The maximum Gasteiger partial charge on any atom is 0.300 e. The van der Waals surface area contributed by atoms with Gasteiger partial charge < -0.3 is 15.3 Å². The van der Waals surface area contributed by atoms with Gasteiger partial charge in [-0.05, 0) is 18.8 Å². The van der Waals surface area contributed by atoms with E-state index in [1.165, 1.54) is 38.5 Å². The molecule has 0 saturated carbocycles. The molecule has 0 saturated heterocycles. The van der Waals surface area contributed by atoms with E-state index < -0.39 is 12.1 Å². The molecule has 19 heavy (non-hydrogen) atoms. The molecule has 0 aliphatic rings. The Kier molecular flexibility index (Phi) is 16.8. The van der Waals surface area contributed by atoms with Gasteiger partial charge in [-0.15, -0.1) is 0 Å². The van der Waals surface area contributed by atoms with Gasteiger partial charge in [0.15, 0.2) is 0 Å². The first-order valence-electron chi connectivity index (χ1n) is 7.42. The Morgan fingerprint density at radius 2 is 1.58 bits per heavy atom. The van der Waals surface area contributed by atoms with E-state index in [9.17, 15) is 5.11 Å². The SMILES string of the molecule is CC(=O)O.CCCCCCCC(C)CCC(O)CO. The number of carboxylic acids is 1. The van der Waals surface area contributed by atoms with Crippen LogP contribution in [0.5, 0.6) is 0 Å². The summed E-state index contributed by atoms with van der Waals surface area (Å²) in [6.45, 7) is 5.46. The molecule has 116 valence electrons. The summed E-state index contributed by atoms with van der Waals surface area (Å²) in [4.78, 5) is 9.00. The first-order chi connectivity index (χ1) is 8.93. The molecule has 0 aromatic carbocycles. The highest BCUT2D eigenvalue weighted by atomic mass is 16.4. The fourth-order valence-corrected chi connectivity index (χ4v) is 1.81. The highest BCUT2D eigenvalue weighted by molar-refractivity contribution is 5.62. The van der Waals surface area contributed by atoms with Crippen molar-refractivity contribution in [3.05, 3.63) is 0 Å². The average Bonchev–Trinajstić information content (AvgIpc) is 2.35. The van der Waals surface area contributed by atoms with Crippen LogP contribution in [0.3, 0.4) is 0 Å². The highest BCUT2D eigenvalue weighted by Crippen LogP contribution is 2.16. The Hall–Kier alpha value is -0.610. The summed E-state index contributed by atoms with van der Waals surface area (Å²) in [7, 11) is 0. The summed E-state index contributed by atoms with van der Waals surface area (Å²) in [6, 6.07) is 0. The predicted molar refractivity (Wildman–Crippen MR) is 78.2 cm³/mol. The second kappa shape index (κ2) is 15.4. The zero-order chi connectivity index (χ0) is 15.1. The number of carbonyl (C=O) groups is 1. The van der Waals surface area contributed by atoms with Crippen molar-refractivity contribution in [3.8, 4) is 0 Å². The molecule has 0 bridgehead atoms. The van der Waals surface area contributed by atoms with Crippen molar-refractivity contribution in [2.24, 2.45) is 5.92 Å². The van der Waals surface area contributed by atoms with Crippen molar-refractivity contribution >= 4 is 5.97 Å². The zero-order valence-electron chi connectivity index (χ0n) is 12.8. The Morgan fingerprint density at radius 3 is 2.05 bits per heavy atom. The molecular formula is C15H32O4. The average molecular weight is 276 g/mol. The first kappa shape index (κ1) is 20.7. The molecule has 0 aromatic rings. The molecule has 4 heteroatoms. The number of unbranched alkanes of at least 4 members (excludes halogenated alkanes) is 4. The predicted octanol–water partition coefficient (Wildman–Crippen LogP) is 3.21. The quantitative estimate of drug-likeness (QED) is 0.535. The molecule has 0 rings (SSSR count). The van der Waals surface area contributed by atoms with Crippen molar-refractivity contribution < 1.29 is 20.1 Å². The maximum atomic E-state index is 9.20. The van der Waals surface area contributed by atoms with Gasteiger partial charge in [-0.1, -0.05) is 52.4 Å². The Balaban J connectivity index is 0. The van der Waals surface area contributed by atoms with Crippen LogP contribution in [0.2, 0.25) is 0 Å². The Labute approximate surface area is 117 Å². The lowest BCUT2D eigenvalue weighted by atomic mass is 9.96. The van der Waals surface area contributed by atoms with Crippen LogP contribution in [0.1, 0.15) is 72.1 Å². The Bertz CT molecular complexity index is 191. The van der Waals surface area contributed by atoms with Crippen molar-refractivity contribution in [3.63, 3.8) is 0 Å². The maximum absolute atomic E-state index is 9.20. The third-order valence-corrected chi connectivity index (χ3v) is 3.00. The van der Waals surface area contributed by atoms with Crippen LogP contribution in [0, 0.1) is 5.92 Å². The molecule has 4 nitrogen and oxygen atoms in total. The minimum absolute atomic E-state index is 0.0940. The van der Waals surface area contributed by atoms with Crippen molar-refractivity contribution in [1.29, 1.82) is 0 Å². The molecule has 0 aromatic heterocycles. The second-order valence-corrected chi connectivity index (χ2v) is 5.24. The molecule has 0 amide bonds. The third-order valence-electron chi connectivity index (χ3n) is 3.00. The first-order valence-corrected chi connectivity index (χ1v) is 7.42. The topological polar surface area (TPSA) is 77.8 Å². The summed E-state index contributed by atoms with van der Waals surface area (Å²) in [5, 5.41) is 25.3. The van der Waals surface area contributed by atoms with E-state index in [1.54, 1.807) is 0 Å². The Morgan fingerprint density at radius 1 is 1.05 bits per heavy atom. The summed E-state index contributed by atoms with van der Waals surface area (Å²) >= 11 is 0. The number of aliphatic hydroxyl groups is 2. The van der Waals surface area contributed by atoms with Gasteiger partial charge in [-0.3, -0.25) is 4.79 Å². The molecule has 0 heterocycles. The summed E-state index contributed by atoms with van der Waals surface area (Å²) in [5.74, 6) is -0.146. The molecule has 0 spiro atoms. The fourth-order valence-electron chi connectivity index (χ4n) is 1.81. The van der Waals surface area contributed by atoms with E-state index >= 15 is 0 Å². The lowest BCUT2D eigenvalue weighted by Gasteiger charge is -2.13. The van der Waals surface area contributed by atoms with Gasteiger partial charge in [0.05, 0.1) is 12.7 Å². The van der Waals surface area contributed by atoms with E-state index in [0.29, 0.717) is 5.92 Å². The lowest BCUT2D eigenvalue weighted by molar-refractivity contribution is -0.134. The molecule has 0 aliphatic carbocycles. The molecule has 0 aliphatic heterocycles. The van der Waals surface area contributed by atoms with E-state index in [-0.39, 0.29) is 6.61 Å². The van der Waals surface area contributed by atoms with Crippen LogP contribution in [0.4, 0.5) is 0 Å². The van der Waals surface area contributed by atoms with Crippen molar-refractivity contribution in [2.75, 3.05) is 6.61 Å².